The molecule has 1 aromatic carbocycles. The van der Waals surface area contributed by atoms with Gasteiger partial charge in [0.15, 0.2) is 0 Å². The molecule has 0 saturated heterocycles. The quantitative estimate of drug-likeness (QED) is 0.894. The van der Waals surface area contributed by atoms with Gasteiger partial charge in [-0.1, -0.05) is 30.3 Å². The van der Waals surface area contributed by atoms with Gasteiger partial charge < -0.3 is 5.32 Å². The van der Waals surface area contributed by atoms with Gasteiger partial charge in [0, 0.05) is 24.5 Å². The first-order chi connectivity index (χ1) is 9.09. The van der Waals surface area contributed by atoms with Crippen LogP contribution in [0.1, 0.15) is 16.7 Å². The molecule has 0 atom stereocenters. The summed E-state index contributed by atoms with van der Waals surface area (Å²) < 4.78 is 27.8. The van der Waals surface area contributed by atoms with Crippen molar-refractivity contribution >= 4 is 0 Å². The maximum atomic E-state index is 13.9. The lowest BCUT2D eigenvalue weighted by Crippen LogP contribution is -2.30. The first-order valence-electron chi connectivity index (χ1n) is 6.13. The van der Waals surface area contributed by atoms with Gasteiger partial charge in [0.2, 0.25) is 0 Å². The monoisotopic (exact) mass is 262 g/mol. The molecule has 0 amide bonds. The van der Waals surface area contributed by atoms with Crippen LogP contribution in [0, 0.1) is 6.92 Å². The van der Waals surface area contributed by atoms with Crippen LogP contribution >= 0.6 is 0 Å². The third-order valence-electron chi connectivity index (χ3n) is 3.00. The number of pyridine rings is 1. The average Bonchev–Trinajstić information content (AvgIpc) is 2.42. The fourth-order valence-corrected chi connectivity index (χ4v) is 1.84. The topological polar surface area (TPSA) is 24.9 Å². The molecule has 0 saturated carbocycles. The molecule has 0 bridgehead atoms. The largest absolute Gasteiger partial charge is 0.307 e. The normalized spacial score (nSPS) is 11.5. The Morgan fingerprint density at radius 1 is 1.16 bits per heavy atom. The summed E-state index contributed by atoms with van der Waals surface area (Å²) in [5.41, 5.74) is 2.02. The molecule has 0 radical (unpaired) electrons. The number of nitrogens with one attached hydrogen (secondary N) is 1. The van der Waals surface area contributed by atoms with Crippen molar-refractivity contribution in [2.24, 2.45) is 0 Å². The molecule has 4 heteroatoms. The number of benzene rings is 1. The second-order valence-electron chi connectivity index (χ2n) is 4.48. The second kappa shape index (κ2) is 5.89. The molecule has 2 rings (SSSR count). The van der Waals surface area contributed by atoms with Crippen LogP contribution in [0.25, 0.3) is 0 Å². The zero-order valence-electron chi connectivity index (χ0n) is 10.7. The van der Waals surface area contributed by atoms with E-state index in [1.54, 1.807) is 30.6 Å². The molecule has 2 aromatic rings. The minimum atomic E-state index is -2.86. The molecule has 0 fully saturated rings. The van der Waals surface area contributed by atoms with E-state index in [-0.39, 0.29) is 12.1 Å². The van der Waals surface area contributed by atoms with Crippen LogP contribution in [-0.2, 0) is 12.5 Å². The molecule has 0 aliphatic heterocycles. The van der Waals surface area contributed by atoms with E-state index in [4.69, 9.17) is 0 Å². The van der Waals surface area contributed by atoms with Crippen LogP contribution in [0.3, 0.4) is 0 Å². The maximum Gasteiger partial charge on any atom is 0.285 e. The Labute approximate surface area is 111 Å². The Kier molecular flexibility index (Phi) is 4.22. The van der Waals surface area contributed by atoms with Gasteiger partial charge in [-0.2, -0.15) is 8.78 Å². The lowest BCUT2D eigenvalue weighted by Gasteiger charge is -2.17. The summed E-state index contributed by atoms with van der Waals surface area (Å²) in [5, 5.41) is 2.80. The fourth-order valence-electron chi connectivity index (χ4n) is 1.84. The maximum absolute atomic E-state index is 13.9. The van der Waals surface area contributed by atoms with Crippen molar-refractivity contribution < 1.29 is 8.78 Å². The molecular formula is C15H16F2N2. The average molecular weight is 262 g/mol. The van der Waals surface area contributed by atoms with Gasteiger partial charge in [0.1, 0.15) is 0 Å². The summed E-state index contributed by atoms with van der Waals surface area (Å²) in [6, 6.07) is 9.70. The Bertz CT molecular complexity index is 527. The summed E-state index contributed by atoms with van der Waals surface area (Å²) in [7, 11) is 0. The smallest absolute Gasteiger partial charge is 0.285 e. The van der Waals surface area contributed by atoms with Crippen LogP contribution in [0.4, 0.5) is 8.78 Å². The highest BCUT2D eigenvalue weighted by Gasteiger charge is 2.30. The van der Waals surface area contributed by atoms with Crippen molar-refractivity contribution in [3.63, 3.8) is 0 Å². The SMILES string of the molecule is Cc1cnccc1CNCC(F)(F)c1ccccc1. The second-order valence-corrected chi connectivity index (χ2v) is 4.48. The van der Waals surface area contributed by atoms with E-state index in [0.717, 1.165) is 11.1 Å². The highest BCUT2D eigenvalue weighted by Crippen LogP contribution is 2.26. The standard InChI is InChI=1S/C15H16F2N2/c1-12-9-18-8-7-13(12)10-19-11-15(16,17)14-5-3-2-4-6-14/h2-9,19H,10-11H2,1H3. The van der Waals surface area contributed by atoms with Crippen LogP contribution in [-0.4, -0.2) is 11.5 Å². The van der Waals surface area contributed by atoms with Crippen molar-refractivity contribution in [1.29, 1.82) is 0 Å². The van der Waals surface area contributed by atoms with Crippen molar-refractivity contribution in [1.82, 2.24) is 10.3 Å². The van der Waals surface area contributed by atoms with Crippen LogP contribution in [0.5, 0.6) is 0 Å². The van der Waals surface area contributed by atoms with Crippen LogP contribution < -0.4 is 5.32 Å². The summed E-state index contributed by atoms with van der Waals surface area (Å²) in [5.74, 6) is -2.86. The summed E-state index contributed by atoms with van der Waals surface area (Å²) in [6.07, 6.45) is 3.39. The van der Waals surface area contributed by atoms with E-state index >= 15 is 0 Å². The first-order valence-corrected chi connectivity index (χ1v) is 6.13. The molecule has 1 heterocycles. The van der Waals surface area contributed by atoms with E-state index in [1.165, 1.54) is 12.1 Å². The Morgan fingerprint density at radius 2 is 1.89 bits per heavy atom. The molecule has 0 aliphatic carbocycles. The number of hydrogen-bond donors (Lipinski definition) is 1. The predicted molar refractivity (Wildman–Crippen MR) is 71.0 cm³/mol. The third-order valence-corrected chi connectivity index (χ3v) is 3.00. The molecule has 1 N–H and O–H groups in total. The number of hydrogen-bond acceptors (Lipinski definition) is 2. The highest BCUT2D eigenvalue weighted by molar-refractivity contribution is 5.22. The summed E-state index contributed by atoms with van der Waals surface area (Å²) in [6.45, 7) is 1.95. The molecule has 0 aliphatic rings. The lowest BCUT2D eigenvalue weighted by atomic mass is 10.1. The molecular weight excluding hydrogens is 246 g/mol. The van der Waals surface area contributed by atoms with Crippen LogP contribution in [0.2, 0.25) is 0 Å². The van der Waals surface area contributed by atoms with Gasteiger partial charge in [-0.25, -0.2) is 0 Å². The fraction of sp³-hybridized carbons (Fsp3) is 0.267. The zero-order chi connectivity index (χ0) is 13.7. The van der Waals surface area contributed by atoms with Gasteiger partial charge >= 0.3 is 0 Å². The van der Waals surface area contributed by atoms with Gasteiger partial charge in [-0.3, -0.25) is 4.98 Å². The molecule has 0 spiro atoms. The first kappa shape index (κ1) is 13.6. The number of rotatable bonds is 5. The van der Waals surface area contributed by atoms with E-state index in [1.807, 2.05) is 13.0 Å². The number of aryl methyl sites for hydroxylation is 1. The van der Waals surface area contributed by atoms with Crippen molar-refractivity contribution in [2.45, 2.75) is 19.4 Å². The molecule has 0 unspecified atom stereocenters. The lowest BCUT2D eigenvalue weighted by molar-refractivity contribution is -0.00344. The Morgan fingerprint density at radius 3 is 2.58 bits per heavy atom. The van der Waals surface area contributed by atoms with Crippen molar-refractivity contribution in [3.8, 4) is 0 Å². The molecule has 100 valence electrons. The number of halogens is 2. The van der Waals surface area contributed by atoms with Gasteiger partial charge in [0.05, 0.1) is 6.54 Å². The summed E-state index contributed by atoms with van der Waals surface area (Å²) >= 11 is 0. The molecule has 19 heavy (non-hydrogen) atoms. The zero-order valence-corrected chi connectivity index (χ0v) is 10.7. The minimum Gasteiger partial charge on any atom is -0.307 e. The molecule has 1 aromatic heterocycles. The van der Waals surface area contributed by atoms with Crippen molar-refractivity contribution in [2.75, 3.05) is 6.54 Å². The van der Waals surface area contributed by atoms with E-state index in [2.05, 4.69) is 10.3 Å². The van der Waals surface area contributed by atoms with Crippen LogP contribution in [0.15, 0.2) is 48.8 Å². The minimum absolute atomic E-state index is 0.0361. The predicted octanol–water partition coefficient (Wildman–Crippen LogP) is 3.27. The van der Waals surface area contributed by atoms with Gasteiger partial charge in [-0.05, 0) is 24.1 Å². The molecule has 2 nitrogen and oxygen atoms in total. The number of alkyl halides is 2. The number of aromatic nitrogens is 1. The number of nitrogens with zero attached hydrogens (tertiary/aromatic N) is 1. The summed E-state index contributed by atoms with van der Waals surface area (Å²) in [4.78, 5) is 3.97. The van der Waals surface area contributed by atoms with E-state index < -0.39 is 5.92 Å². The van der Waals surface area contributed by atoms with Gasteiger partial charge in [-0.15, -0.1) is 0 Å². The van der Waals surface area contributed by atoms with Gasteiger partial charge in [0.25, 0.3) is 5.92 Å². The van der Waals surface area contributed by atoms with E-state index in [0.29, 0.717) is 6.54 Å². The van der Waals surface area contributed by atoms with Crippen molar-refractivity contribution in [3.05, 3.63) is 65.5 Å². The van der Waals surface area contributed by atoms with E-state index in [9.17, 15) is 8.78 Å². The third kappa shape index (κ3) is 3.58. The Balaban J connectivity index is 1.94. The highest BCUT2D eigenvalue weighted by atomic mass is 19.3. The Hall–Kier alpha value is -1.81.